The van der Waals surface area contributed by atoms with Crippen molar-refractivity contribution < 1.29 is 27.8 Å². The summed E-state index contributed by atoms with van der Waals surface area (Å²) in [4.78, 5) is 12.0. The van der Waals surface area contributed by atoms with Crippen LogP contribution in [0.5, 0.6) is 11.5 Å². The molecule has 2 rings (SSSR count). The molecule has 1 amide bonds. The minimum Gasteiger partial charge on any atom is -0.508 e. The summed E-state index contributed by atoms with van der Waals surface area (Å²) in [5, 5.41) is 21.7. The number of furan rings is 1. The van der Waals surface area contributed by atoms with E-state index in [0.717, 1.165) is 31.3 Å². The molecule has 8 heteroatoms. The van der Waals surface area contributed by atoms with Crippen molar-refractivity contribution in [3.63, 3.8) is 0 Å². The molecule has 0 fully saturated rings. The molecule has 35 heavy (non-hydrogen) atoms. The number of aromatic hydroxyl groups is 2. The normalized spacial score (nSPS) is 11.9. The van der Waals surface area contributed by atoms with Crippen LogP contribution in [-0.4, -0.2) is 24.5 Å². The Morgan fingerprint density at radius 3 is 2.51 bits per heavy atom. The topological polar surface area (TPSA) is 117 Å². The van der Waals surface area contributed by atoms with Gasteiger partial charge >= 0.3 is 0 Å². The van der Waals surface area contributed by atoms with Gasteiger partial charge in [-0.1, -0.05) is 43.1 Å². The van der Waals surface area contributed by atoms with Crippen molar-refractivity contribution in [3.05, 3.63) is 64.6 Å². The molecule has 0 saturated carbocycles. The zero-order valence-corrected chi connectivity index (χ0v) is 21.9. The quantitative estimate of drug-likeness (QED) is 0.238. The van der Waals surface area contributed by atoms with Crippen LogP contribution in [0, 0.1) is 0 Å². The first-order chi connectivity index (χ1) is 16.5. The molecule has 1 aromatic carbocycles. The predicted octanol–water partition coefficient (Wildman–Crippen LogP) is 5.71. The SMILES string of the molecule is CCCCCc1cc(O)c(CC=C(C)CCC=C(C)C)c(O)c1S(=O)(=O)NC(=O)Cc1ccco1. The molecule has 0 aliphatic carbocycles. The molecule has 0 spiro atoms. The number of hydrogen-bond acceptors (Lipinski definition) is 6. The molecule has 1 heterocycles. The molecule has 0 unspecified atom stereocenters. The van der Waals surface area contributed by atoms with Gasteiger partial charge in [-0.2, -0.15) is 0 Å². The van der Waals surface area contributed by atoms with E-state index in [4.69, 9.17) is 4.42 Å². The van der Waals surface area contributed by atoms with Crippen molar-refractivity contribution >= 4 is 15.9 Å². The van der Waals surface area contributed by atoms with Crippen LogP contribution in [0.3, 0.4) is 0 Å². The lowest BCUT2D eigenvalue weighted by Crippen LogP contribution is -2.32. The van der Waals surface area contributed by atoms with Gasteiger partial charge in [0.2, 0.25) is 5.91 Å². The zero-order chi connectivity index (χ0) is 26.0. The largest absolute Gasteiger partial charge is 0.508 e. The van der Waals surface area contributed by atoms with Crippen LogP contribution in [0.15, 0.2) is 57.1 Å². The third-order valence-electron chi connectivity index (χ3n) is 5.64. The van der Waals surface area contributed by atoms with E-state index in [2.05, 4.69) is 6.08 Å². The lowest BCUT2D eigenvalue weighted by atomic mass is 10.00. The Labute approximate surface area is 208 Å². The van der Waals surface area contributed by atoms with Gasteiger partial charge < -0.3 is 14.6 Å². The van der Waals surface area contributed by atoms with Crippen molar-refractivity contribution in [1.82, 2.24) is 4.72 Å². The number of hydrogen-bond donors (Lipinski definition) is 3. The first-order valence-electron chi connectivity index (χ1n) is 12.0. The molecule has 0 atom stereocenters. The van der Waals surface area contributed by atoms with E-state index in [1.54, 1.807) is 12.1 Å². The van der Waals surface area contributed by atoms with Gasteiger partial charge in [0.1, 0.15) is 22.2 Å². The highest BCUT2D eigenvalue weighted by Crippen LogP contribution is 2.38. The monoisotopic (exact) mass is 503 g/mol. The lowest BCUT2D eigenvalue weighted by molar-refractivity contribution is -0.118. The van der Waals surface area contributed by atoms with Crippen molar-refractivity contribution in [1.29, 1.82) is 0 Å². The summed E-state index contributed by atoms with van der Waals surface area (Å²) in [5.74, 6) is -1.14. The van der Waals surface area contributed by atoms with E-state index in [-0.39, 0.29) is 34.6 Å². The number of carbonyl (C=O) groups is 1. The maximum absolute atomic E-state index is 13.2. The summed E-state index contributed by atoms with van der Waals surface area (Å²) in [7, 11) is -4.39. The van der Waals surface area contributed by atoms with E-state index in [1.807, 2.05) is 38.5 Å². The molecular formula is C27H37NO6S. The van der Waals surface area contributed by atoms with Gasteiger partial charge in [-0.3, -0.25) is 4.79 Å². The maximum Gasteiger partial charge on any atom is 0.268 e. The fourth-order valence-corrected chi connectivity index (χ4v) is 5.11. The number of benzene rings is 1. The Balaban J connectivity index is 2.38. The summed E-state index contributed by atoms with van der Waals surface area (Å²) < 4.78 is 33.6. The Bertz CT molecular complexity index is 1160. The second kappa shape index (κ2) is 13.2. The number of allylic oxidation sites excluding steroid dienone is 4. The van der Waals surface area contributed by atoms with Crippen LogP contribution in [0.25, 0.3) is 0 Å². The van der Waals surface area contributed by atoms with Gasteiger partial charge in [-0.05, 0) is 76.6 Å². The molecule has 2 aromatic rings. The van der Waals surface area contributed by atoms with Gasteiger partial charge in [0.25, 0.3) is 10.0 Å². The van der Waals surface area contributed by atoms with Crippen LogP contribution < -0.4 is 4.72 Å². The fourth-order valence-electron chi connectivity index (χ4n) is 3.76. The first kappa shape index (κ1) is 28.2. The summed E-state index contributed by atoms with van der Waals surface area (Å²) >= 11 is 0. The Morgan fingerprint density at radius 1 is 1.14 bits per heavy atom. The standard InChI is InChI=1S/C27H37NO6S/c1-5-6-7-12-21-17-24(29)23(15-14-20(4)11-8-10-19(2)3)26(31)27(21)35(32,33)28-25(30)18-22-13-9-16-34-22/h9-10,13-14,16-17,29,31H,5-8,11-12,15,18H2,1-4H3,(H,28,30). The lowest BCUT2D eigenvalue weighted by Gasteiger charge is -2.17. The first-order valence-corrected chi connectivity index (χ1v) is 13.5. The highest BCUT2D eigenvalue weighted by Gasteiger charge is 2.29. The van der Waals surface area contributed by atoms with Crippen LogP contribution in [0.2, 0.25) is 0 Å². The highest BCUT2D eigenvalue weighted by atomic mass is 32.2. The Hall–Kier alpha value is -3.00. The van der Waals surface area contributed by atoms with Crippen LogP contribution in [-0.2, 0) is 34.1 Å². The highest BCUT2D eigenvalue weighted by molar-refractivity contribution is 7.90. The molecular weight excluding hydrogens is 466 g/mol. The van der Waals surface area contributed by atoms with Crippen LogP contribution in [0.4, 0.5) is 0 Å². The predicted molar refractivity (Wildman–Crippen MR) is 137 cm³/mol. The van der Waals surface area contributed by atoms with Gasteiger partial charge in [0.15, 0.2) is 0 Å². The number of phenolic OH excluding ortho intramolecular Hbond substituents is 2. The number of phenols is 2. The Kier molecular flexibility index (Phi) is 10.6. The molecule has 1 aromatic heterocycles. The number of nitrogens with one attached hydrogen (secondary N) is 1. The van der Waals surface area contributed by atoms with Crippen molar-refractivity contribution in [2.24, 2.45) is 0 Å². The minimum absolute atomic E-state index is 0.115. The van der Waals surface area contributed by atoms with E-state index in [0.29, 0.717) is 18.6 Å². The zero-order valence-electron chi connectivity index (χ0n) is 21.1. The minimum atomic E-state index is -4.39. The second-order valence-electron chi connectivity index (χ2n) is 9.03. The molecule has 0 aliphatic rings. The average Bonchev–Trinajstić information content (AvgIpc) is 3.25. The molecule has 0 aliphatic heterocycles. The number of sulfonamides is 1. The number of amides is 1. The Morgan fingerprint density at radius 2 is 1.89 bits per heavy atom. The molecule has 3 N–H and O–H groups in total. The molecule has 7 nitrogen and oxygen atoms in total. The molecule has 0 saturated heterocycles. The second-order valence-corrected chi connectivity index (χ2v) is 10.6. The van der Waals surface area contributed by atoms with Gasteiger partial charge in [0, 0.05) is 5.56 Å². The van der Waals surface area contributed by atoms with Gasteiger partial charge in [-0.15, -0.1) is 0 Å². The molecule has 192 valence electrons. The van der Waals surface area contributed by atoms with Crippen LogP contribution >= 0.6 is 0 Å². The third-order valence-corrected chi connectivity index (χ3v) is 7.13. The number of aryl methyl sites for hydroxylation is 1. The molecule has 0 bridgehead atoms. The third kappa shape index (κ3) is 8.62. The average molecular weight is 504 g/mol. The number of carbonyl (C=O) groups excluding carboxylic acids is 1. The van der Waals surface area contributed by atoms with Crippen molar-refractivity contribution in [2.75, 3.05) is 0 Å². The summed E-state index contributed by atoms with van der Waals surface area (Å²) in [6.45, 7) is 8.05. The smallest absolute Gasteiger partial charge is 0.268 e. The summed E-state index contributed by atoms with van der Waals surface area (Å²) in [6.07, 6.45) is 9.82. The van der Waals surface area contributed by atoms with Gasteiger partial charge in [0.05, 0.1) is 12.7 Å². The summed E-state index contributed by atoms with van der Waals surface area (Å²) in [6, 6.07) is 4.57. The van der Waals surface area contributed by atoms with Crippen molar-refractivity contribution in [3.8, 4) is 11.5 Å². The number of rotatable bonds is 13. The van der Waals surface area contributed by atoms with E-state index < -0.39 is 21.7 Å². The number of unbranched alkanes of at least 4 members (excludes halogenated alkanes) is 2. The van der Waals surface area contributed by atoms with Gasteiger partial charge in [-0.25, -0.2) is 13.1 Å². The van der Waals surface area contributed by atoms with E-state index in [9.17, 15) is 23.4 Å². The molecule has 0 radical (unpaired) electrons. The summed E-state index contributed by atoms with van der Waals surface area (Å²) in [5.41, 5.74) is 2.68. The maximum atomic E-state index is 13.2. The van der Waals surface area contributed by atoms with E-state index >= 15 is 0 Å². The van der Waals surface area contributed by atoms with Crippen LogP contribution in [0.1, 0.15) is 76.7 Å². The van der Waals surface area contributed by atoms with Crippen molar-refractivity contribution in [2.45, 2.75) is 84.0 Å². The fraction of sp³-hybridized carbons (Fsp3) is 0.444. The van der Waals surface area contributed by atoms with E-state index in [1.165, 1.54) is 17.9 Å².